The molecule has 0 saturated heterocycles. The number of aliphatic carboxylic acids is 1. The number of benzene rings is 2. The van der Waals surface area contributed by atoms with Gasteiger partial charge in [-0.15, -0.1) is 0 Å². The summed E-state index contributed by atoms with van der Waals surface area (Å²) in [6.07, 6.45) is 2.10. The van der Waals surface area contributed by atoms with E-state index in [4.69, 9.17) is 9.47 Å². The van der Waals surface area contributed by atoms with Gasteiger partial charge in [-0.3, -0.25) is 4.79 Å². The molecule has 4 rings (SSSR count). The van der Waals surface area contributed by atoms with Crippen LogP contribution in [-0.2, 0) is 25.5 Å². The molecule has 2 aromatic carbocycles. The Bertz CT molecular complexity index is 1150. The lowest BCUT2D eigenvalue weighted by atomic mass is 9.98. The van der Waals surface area contributed by atoms with Gasteiger partial charge in [-0.05, 0) is 22.3 Å². The van der Waals surface area contributed by atoms with Crippen LogP contribution >= 0.6 is 0 Å². The van der Waals surface area contributed by atoms with Gasteiger partial charge in [0.15, 0.2) is 0 Å². The van der Waals surface area contributed by atoms with Crippen LogP contribution in [-0.4, -0.2) is 65.5 Å². The van der Waals surface area contributed by atoms with Gasteiger partial charge in [0.05, 0.1) is 12.9 Å². The summed E-state index contributed by atoms with van der Waals surface area (Å²) in [4.78, 5) is 43.6. The number of aromatic amines is 1. The zero-order chi connectivity index (χ0) is 24.8. The number of hydrogen-bond acceptors (Lipinski definition) is 6. The number of carboxylic acid groups (broad SMARTS) is 1. The molecule has 0 radical (unpaired) electrons. The zero-order valence-electron chi connectivity index (χ0n) is 19.1. The summed E-state index contributed by atoms with van der Waals surface area (Å²) in [5.74, 6) is -2.05. The normalized spacial score (nSPS) is 13.9. The van der Waals surface area contributed by atoms with Crippen LogP contribution < -0.4 is 10.6 Å². The average molecular weight is 479 g/mol. The van der Waals surface area contributed by atoms with Gasteiger partial charge in [0, 0.05) is 31.3 Å². The summed E-state index contributed by atoms with van der Waals surface area (Å²) in [6, 6.07) is 13.6. The van der Waals surface area contributed by atoms with Crippen LogP contribution in [0, 0.1) is 0 Å². The summed E-state index contributed by atoms with van der Waals surface area (Å²) in [5, 5.41) is 14.4. The van der Waals surface area contributed by atoms with Crippen molar-refractivity contribution in [2.24, 2.45) is 0 Å². The van der Waals surface area contributed by atoms with Crippen molar-refractivity contribution in [1.29, 1.82) is 0 Å². The first-order valence-corrected chi connectivity index (χ1v) is 11.1. The summed E-state index contributed by atoms with van der Waals surface area (Å²) in [7, 11) is 1.37. The van der Waals surface area contributed by atoms with Gasteiger partial charge in [0.2, 0.25) is 5.91 Å². The number of hydrogen-bond donors (Lipinski definition) is 4. The molecule has 0 fully saturated rings. The summed E-state index contributed by atoms with van der Waals surface area (Å²) < 4.78 is 10.5. The minimum absolute atomic E-state index is 0.00567. The maximum Gasteiger partial charge on any atom is 0.407 e. The van der Waals surface area contributed by atoms with E-state index in [1.165, 1.54) is 19.6 Å². The van der Waals surface area contributed by atoms with E-state index in [0.29, 0.717) is 5.69 Å². The minimum Gasteiger partial charge on any atom is -0.480 e. The molecule has 3 aromatic rings. The van der Waals surface area contributed by atoms with Crippen molar-refractivity contribution in [3.05, 3.63) is 77.9 Å². The van der Waals surface area contributed by atoms with Crippen molar-refractivity contribution in [3.8, 4) is 11.1 Å². The van der Waals surface area contributed by atoms with Crippen LogP contribution in [0.25, 0.3) is 11.1 Å². The number of amides is 2. The van der Waals surface area contributed by atoms with E-state index in [1.54, 1.807) is 0 Å². The lowest BCUT2D eigenvalue weighted by Gasteiger charge is -2.21. The highest BCUT2D eigenvalue weighted by Gasteiger charge is 2.31. The predicted octanol–water partition coefficient (Wildman–Crippen LogP) is 2.08. The SMILES string of the molecule is COCC(NC(=O)OCC1c2ccccc2-c2ccccc21)C(=O)NC(Cc1cnc[nH]1)C(=O)O. The number of rotatable bonds is 10. The summed E-state index contributed by atoms with van der Waals surface area (Å²) >= 11 is 0. The van der Waals surface area contributed by atoms with Crippen molar-refractivity contribution < 1.29 is 29.0 Å². The number of carboxylic acids is 1. The van der Waals surface area contributed by atoms with Gasteiger partial charge >= 0.3 is 12.1 Å². The zero-order valence-corrected chi connectivity index (χ0v) is 19.1. The Morgan fingerprint density at radius 1 is 1.03 bits per heavy atom. The lowest BCUT2D eigenvalue weighted by Crippen LogP contribution is -2.54. The predicted molar refractivity (Wildman–Crippen MR) is 126 cm³/mol. The van der Waals surface area contributed by atoms with E-state index in [0.717, 1.165) is 22.3 Å². The molecule has 10 heteroatoms. The molecule has 2 atom stereocenters. The highest BCUT2D eigenvalue weighted by atomic mass is 16.5. The molecule has 0 bridgehead atoms. The van der Waals surface area contributed by atoms with E-state index in [1.807, 2.05) is 48.5 Å². The summed E-state index contributed by atoms with van der Waals surface area (Å²) in [5.41, 5.74) is 4.88. The van der Waals surface area contributed by atoms with Gasteiger partial charge in [-0.25, -0.2) is 14.6 Å². The molecular weight excluding hydrogens is 452 g/mol. The number of aromatic nitrogens is 2. The smallest absolute Gasteiger partial charge is 0.407 e. The van der Waals surface area contributed by atoms with Crippen LogP contribution in [0.4, 0.5) is 4.79 Å². The standard InChI is InChI=1S/C25H26N4O6/c1-34-13-22(23(30)28-21(24(31)32)10-15-11-26-14-27-15)29-25(33)35-12-20-18-8-4-2-6-16(18)17-7-3-5-9-19(17)20/h2-9,11,14,20-22H,10,12-13H2,1H3,(H,26,27)(H,28,30)(H,29,33)(H,31,32). The Morgan fingerprint density at radius 3 is 2.26 bits per heavy atom. The number of alkyl carbamates (subject to hydrolysis) is 1. The monoisotopic (exact) mass is 478 g/mol. The first kappa shape index (κ1) is 24.0. The lowest BCUT2D eigenvalue weighted by molar-refractivity contribution is -0.142. The Balaban J connectivity index is 1.38. The third-order valence-electron chi connectivity index (χ3n) is 5.88. The third-order valence-corrected chi connectivity index (χ3v) is 5.88. The second-order valence-electron chi connectivity index (χ2n) is 8.16. The number of carbonyl (C=O) groups excluding carboxylic acids is 2. The fraction of sp³-hybridized carbons (Fsp3) is 0.280. The number of H-pyrrole nitrogens is 1. The van der Waals surface area contributed by atoms with Gasteiger partial charge < -0.3 is 30.2 Å². The molecule has 10 nitrogen and oxygen atoms in total. The Hall–Kier alpha value is -4.18. The number of imidazole rings is 1. The molecule has 0 spiro atoms. The van der Waals surface area contributed by atoms with Crippen LogP contribution in [0.15, 0.2) is 61.1 Å². The topological polar surface area (TPSA) is 143 Å². The van der Waals surface area contributed by atoms with Crippen molar-refractivity contribution in [1.82, 2.24) is 20.6 Å². The van der Waals surface area contributed by atoms with E-state index >= 15 is 0 Å². The molecule has 0 aliphatic heterocycles. The second-order valence-corrected chi connectivity index (χ2v) is 8.16. The van der Waals surface area contributed by atoms with Crippen molar-refractivity contribution in [3.63, 3.8) is 0 Å². The van der Waals surface area contributed by atoms with E-state index < -0.39 is 30.1 Å². The van der Waals surface area contributed by atoms with Gasteiger partial charge in [-0.1, -0.05) is 48.5 Å². The maximum absolute atomic E-state index is 12.7. The largest absolute Gasteiger partial charge is 0.480 e. The molecule has 2 amide bonds. The fourth-order valence-electron chi connectivity index (χ4n) is 4.22. The Labute approximate surface area is 201 Å². The molecule has 1 heterocycles. The maximum atomic E-state index is 12.7. The first-order valence-electron chi connectivity index (χ1n) is 11.1. The van der Waals surface area contributed by atoms with Crippen LogP contribution in [0.2, 0.25) is 0 Å². The number of nitrogens with one attached hydrogen (secondary N) is 3. The Kier molecular flexibility index (Phi) is 7.41. The van der Waals surface area contributed by atoms with Crippen molar-refractivity contribution in [2.75, 3.05) is 20.3 Å². The number of fused-ring (bicyclic) bond motifs is 3. The van der Waals surface area contributed by atoms with Crippen molar-refractivity contribution >= 4 is 18.0 Å². The molecule has 0 saturated carbocycles. The van der Waals surface area contributed by atoms with Crippen LogP contribution in [0.5, 0.6) is 0 Å². The second kappa shape index (κ2) is 10.8. The molecule has 4 N–H and O–H groups in total. The third kappa shape index (κ3) is 5.49. The highest BCUT2D eigenvalue weighted by molar-refractivity contribution is 5.89. The molecule has 35 heavy (non-hydrogen) atoms. The van der Waals surface area contributed by atoms with E-state index in [-0.39, 0.29) is 25.6 Å². The fourth-order valence-corrected chi connectivity index (χ4v) is 4.22. The Morgan fingerprint density at radius 2 is 1.69 bits per heavy atom. The molecular formula is C25H26N4O6. The average Bonchev–Trinajstić information content (AvgIpc) is 3.48. The molecule has 2 unspecified atom stereocenters. The first-order chi connectivity index (χ1) is 17.0. The number of methoxy groups -OCH3 is 1. The number of nitrogens with zero attached hydrogens (tertiary/aromatic N) is 1. The van der Waals surface area contributed by atoms with Crippen molar-refractivity contribution in [2.45, 2.75) is 24.4 Å². The minimum atomic E-state index is -1.22. The van der Waals surface area contributed by atoms with Gasteiger partial charge in [0.25, 0.3) is 0 Å². The molecule has 1 aliphatic rings. The summed E-state index contributed by atoms with van der Waals surface area (Å²) in [6.45, 7) is -0.0782. The van der Waals surface area contributed by atoms with E-state index in [2.05, 4.69) is 20.6 Å². The van der Waals surface area contributed by atoms with E-state index in [9.17, 15) is 19.5 Å². The van der Waals surface area contributed by atoms with Gasteiger partial charge in [0.1, 0.15) is 18.7 Å². The quantitative estimate of drug-likeness (QED) is 0.349. The van der Waals surface area contributed by atoms with Gasteiger partial charge in [-0.2, -0.15) is 0 Å². The highest BCUT2D eigenvalue weighted by Crippen LogP contribution is 2.44. The molecule has 1 aromatic heterocycles. The molecule has 1 aliphatic carbocycles. The van der Waals surface area contributed by atoms with Crippen LogP contribution in [0.1, 0.15) is 22.7 Å². The molecule has 182 valence electrons. The number of carbonyl (C=O) groups is 3. The number of ether oxygens (including phenoxy) is 2. The van der Waals surface area contributed by atoms with Crippen LogP contribution in [0.3, 0.4) is 0 Å².